The fourth-order valence-corrected chi connectivity index (χ4v) is 2.97. The van der Waals surface area contributed by atoms with Crippen LogP contribution in [0, 0.1) is 11.8 Å². The van der Waals surface area contributed by atoms with Gasteiger partial charge in [0, 0.05) is 18.7 Å². The lowest BCUT2D eigenvalue weighted by Gasteiger charge is -2.23. The molecule has 28 heavy (non-hydrogen) atoms. The molecule has 0 unspecified atom stereocenters. The quantitative estimate of drug-likeness (QED) is 0.589. The van der Waals surface area contributed by atoms with E-state index in [4.69, 9.17) is 4.74 Å². The Hall–Kier alpha value is -3.10. The summed E-state index contributed by atoms with van der Waals surface area (Å²) in [5.74, 6) is -2.85. The normalized spacial score (nSPS) is 17.4. The number of carbonyl (C=O) groups excluding carboxylic acids is 4. The molecule has 1 aliphatic rings. The molecule has 1 heterocycles. The van der Waals surface area contributed by atoms with E-state index in [1.807, 2.05) is 0 Å². The highest BCUT2D eigenvalue weighted by molar-refractivity contribution is 6.01. The molecule has 1 saturated heterocycles. The average Bonchev–Trinajstić information content (AvgIpc) is 3.05. The second-order valence-corrected chi connectivity index (χ2v) is 6.92. The van der Waals surface area contributed by atoms with Crippen molar-refractivity contribution in [2.24, 2.45) is 11.8 Å². The lowest BCUT2D eigenvalue weighted by molar-refractivity contribution is -0.304. The maximum absolute atomic E-state index is 12.6. The predicted octanol–water partition coefficient (Wildman–Crippen LogP) is -0.945. The molecule has 1 aromatic carbocycles. The molecular formula is C19H24N3O6-. The Labute approximate surface area is 163 Å². The number of hydrogen-bond donors (Lipinski definition) is 2. The fourth-order valence-electron chi connectivity index (χ4n) is 2.97. The molecule has 3 amide bonds. The zero-order valence-electron chi connectivity index (χ0n) is 16.1. The minimum absolute atomic E-state index is 0.0311. The van der Waals surface area contributed by atoms with Gasteiger partial charge in [-0.3, -0.25) is 14.4 Å². The Morgan fingerprint density at radius 2 is 1.89 bits per heavy atom. The summed E-state index contributed by atoms with van der Waals surface area (Å²) < 4.78 is 5.10. The Morgan fingerprint density at radius 1 is 1.25 bits per heavy atom. The molecular weight excluding hydrogens is 366 g/mol. The first-order chi connectivity index (χ1) is 13.2. The van der Waals surface area contributed by atoms with E-state index in [-0.39, 0.29) is 24.8 Å². The molecule has 0 saturated carbocycles. The SMILES string of the molecule is COc1ccc(N2C[C@H](C(=O)N[C@H](C(=O)NCC(=O)[O-])C(C)C)CC2=O)cc1. The molecule has 0 spiro atoms. The van der Waals surface area contributed by atoms with Crippen LogP contribution < -0.4 is 25.4 Å². The van der Waals surface area contributed by atoms with Crippen molar-refractivity contribution < 1.29 is 29.0 Å². The third-order valence-electron chi connectivity index (χ3n) is 4.53. The molecule has 2 N–H and O–H groups in total. The number of hydrogen-bond acceptors (Lipinski definition) is 6. The van der Waals surface area contributed by atoms with Crippen molar-refractivity contribution in [1.82, 2.24) is 10.6 Å². The largest absolute Gasteiger partial charge is 0.548 e. The van der Waals surface area contributed by atoms with Gasteiger partial charge in [-0.25, -0.2) is 0 Å². The fraction of sp³-hybridized carbons (Fsp3) is 0.474. The number of aliphatic carboxylic acids is 1. The molecule has 0 radical (unpaired) electrons. The van der Waals surface area contributed by atoms with Crippen LogP contribution in [0.3, 0.4) is 0 Å². The monoisotopic (exact) mass is 390 g/mol. The molecule has 0 aromatic heterocycles. The van der Waals surface area contributed by atoms with Gasteiger partial charge >= 0.3 is 0 Å². The molecule has 0 bridgehead atoms. The van der Waals surface area contributed by atoms with Crippen LogP contribution in [0.25, 0.3) is 0 Å². The molecule has 1 fully saturated rings. The van der Waals surface area contributed by atoms with E-state index in [1.54, 1.807) is 45.2 Å². The van der Waals surface area contributed by atoms with Gasteiger partial charge in [0.1, 0.15) is 11.8 Å². The molecule has 2 rings (SSSR count). The highest BCUT2D eigenvalue weighted by Crippen LogP contribution is 2.27. The standard InChI is InChI=1S/C19H25N3O6/c1-11(2)17(19(27)20-9-16(24)25)21-18(26)12-8-15(23)22(10-12)13-4-6-14(28-3)7-5-13/h4-7,11-12,17H,8-10H2,1-3H3,(H,20,27)(H,21,26)(H,24,25)/p-1/t12-,17+/m1/s1. The summed E-state index contributed by atoms with van der Waals surface area (Å²) in [5, 5.41) is 15.3. The van der Waals surface area contributed by atoms with E-state index in [1.165, 1.54) is 4.90 Å². The average molecular weight is 390 g/mol. The van der Waals surface area contributed by atoms with Gasteiger partial charge in [-0.15, -0.1) is 0 Å². The van der Waals surface area contributed by atoms with Crippen LogP contribution in [0.2, 0.25) is 0 Å². The number of benzene rings is 1. The number of carboxylic acid groups (broad SMARTS) is 1. The summed E-state index contributed by atoms with van der Waals surface area (Å²) in [6, 6.07) is 6.03. The molecule has 152 valence electrons. The van der Waals surface area contributed by atoms with Crippen molar-refractivity contribution in [3.63, 3.8) is 0 Å². The van der Waals surface area contributed by atoms with Crippen molar-refractivity contribution in [1.29, 1.82) is 0 Å². The zero-order valence-corrected chi connectivity index (χ0v) is 16.1. The number of amides is 3. The molecule has 0 aliphatic carbocycles. The zero-order chi connectivity index (χ0) is 20.8. The van der Waals surface area contributed by atoms with Crippen LogP contribution in [-0.2, 0) is 19.2 Å². The number of carbonyl (C=O) groups is 4. The topological polar surface area (TPSA) is 128 Å². The smallest absolute Gasteiger partial charge is 0.243 e. The van der Waals surface area contributed by atoms with Crippen LogP contribution in [0.1, 0.15) is 20.3 Å². The van der Waals surface area contributed by atoms with Gasteiger partial charge in [-0.2, -0.15) is 0 Å². The summed E-state index contributed by atoms with van der Waals surface area (Å²) in [5.41, 5.74) is 0.660. The van der Waals surface area contributed by atoms with E-state index >= 15 is 0 Å². The van der Waals surface area contributed by atoms with Gasteiger partial charge in [0.05, 0.1) is 25.5 Å². The maximum Gasteiger partial charge on any atom is 0.243 e. The van der Waals surface area contributed by atoms with Crippen LogP contribution >= 0.6 is 0 Å². The minimum atomic E-state index is -1.42. The van der Waals surface area contributed by atoms with Crippen molar-refractivity contribution in [2.75, 3.05) is 25.1 Å². The first kappa shape index (κ1) is 21.2. The summed E-state index contributed by atoms with van der Waals surface area (Å²) in [6.45, 7) is 3.02. The number of nitrogens with one attached hydrogen (secondary N) is 2. The second kappa shape index (κ2) is 9.20. The molecule has 9 heteroatoms. The minimum Gasteiger partial charge on any atom is -0.548 e. The lowest BCUT2D eigenvalue weighted by atomic mass is 10.0. The van der Waals surface area contributed by atoms with Crippen molar-refractivity contribution in [3.05, 3.63) is 24.3 Å². The number of rotatable bonds is 8. The van der Waals surface area contributed by atoms with Crippen LogP contribution in [0.15, 0.2) is 24.3 Å². The highest BCUT2D eigenvalue weighted by Gasteiger charge is 2.37. The maximum atomic E-state index is 12.6. The van der Waals surface area contributed by atoms with E-state index in [2.05, 4.69) is 10.6 Å². The summed E-state index contributed by atoms with van der Waals surface area (Å²) in [4.78, 5) is 49.1. The van der Waals surface area contributed by atoms with Gasteiger partial charge in [-0.05, 0) is 30.2 Å². The number of nitrogens with zero attached hydrogens (tertiary/aromatic N) is 1. The van der Waals surface area contributed by atoms with Crippen molar-refractivity contribution >= 4 is 29.4 Å². The van der Waals surface area contributed by atoms with E-state index in [0.29, 0.717) is 11.4 Å². The molecule has 1 aliphatic heterocycles. The number of methoxy groups -OCH3 is 1. The summed E-state index contributed by atoms with van der Waals surface area (Å²) in [6.07, 6.45) is 0.0311. The highest BCUT2D eigenvalue weighted by atomic mass is 16.5. The first-order valence-electron chi connectivity index (χ1n) is 8.95. The third-order valence-corrected chi connectivity index (χ3v) is 4.53. The second-order valence-electron chi connectivity index (χ2n) is 6.92. The Bertz CT molecular complexity index is 747. The van der Waals surface area contributed by atoms with Gasteiger partial charge in [-0.1, -0.05) is 13.8 Å². The number of ether oxygens (including phenoxy) is 1. The number of carboxylic acids is 1. The first-order valence-corrected chi connectivity index (χ1v) is 8.95. The van der Waals surface area contributed by atoms with E-state index in [9.17, 15) is 24.3 Å². The van der Waals surface area contributed by atoms with Crippen LogP contribution in [0.5, 0.6) is 5.75 Å². The number of anilines is 1. The molecule has 9 nitrogen and oxygen atoms in total. The van der Waals surface area contributed by atoms with E-state index < -0.39 is 36.3 Å². The Kier molecular flexibility index (Phi) is 6.97. The summed E-state index contributed by atoms with van der Waals surface area (Å²) >= 11 is 0. The Morgan fingerprint density at radius 3 is 2.43 bits per heavy atom. The van der Waals surface area contributed by atoms with Crippen LogP contribution in [-0.4, -0.2) is 49.9 Å². The van der Waals surface area contributed by atoms with Gasteiger partial charge < -0.3 is 30.2 Å². The Balaban J connectivity index is 2.01. The van der Waals surface area contributed by atoms with Crippen molar-refractivity contribution in [2.45, 2.75) is 26.3 Å². The van der Waals surface area contributed by atoms with Gasteiger partial charge in [0.15, 0.2) is 0 Å². The van der Waals surface area contributed by atoms with Gasteiger partial charge in [0.2, 0.25) is 17.7 Å². The molecule has 2 atom stereocenters. The van der Waals surface area contributed by atoms with Crippen LogP contribution in [0.4, 0.5) is 5.69 Å². The van der Waals surface area contributed by atoms with E-state index in [0.717, 1.165) is 0 Å². The van der Waals surface area contributed by atoms with Crippen molar-refractivity contribution in [3.8, 4) is 5.75 Å². The lowest BCUT2D eigenvalue weighted by Crippen LogP contribution is -2.53. The van der Waals surface area contributed by atoms with Gasteiger partial charge in [0.25, 0.3) is 0 Å². The summed E-state index contributed by atoms with van der Waals surface area (Å²) in [7, 11) is 1.55. The predicted molar refractivity (Wildman–Crippen MR) is 98.2 cm³/mol. The third kappa shape index (κ3) is 5.21. The molecule has 1 aromatic rings.